The van der Waals surface area contributed by atoms with Crippen molar-refractivity contribution in [1.29, 1.82) is 0 Å². The van der Waals surface area contributed by atoms with Crippen LogP contribution in [-0.2, 0) is 11.2 Å². The average molecular weight is 183 g/mol. The molecule has 2 N–H and O–H groups in total. The zero-order valence-electron chi connectivity index (χ0n) is 7.12. The highest BCUT2D eigenvalue weighted by molar-refractivity contribution is 7.10. The van der Waals surface area contributed by atoms with Crippen LogP contribution >= 0.6 is 11.3 Å². The van der Waals surface area contributed by atoms with Crippen LogP contribution in [0.1, 0.15) is 23.5 Å². The molecule has 1 aliphatic rings. The third-order valence-electron chi connectivity index (χ3n) is 2.19. The van der Waals surface area contributed by atoms with Crippen LogP contribution in [0.25, 0.3) is 0 Å². The second-order valence-corrected chi connectivity index (χ2v) is 4.20. The van der Waals surface area contributed by atoms with E-state index in [2.05, 4.69) is 11.4 Å². The van der Waals surface area contributed by atoms with Gasteiger partial charge in [0.2, 0.25) is 0 Å². The van der Waals surface area contributed by atoms with Crippen molar-refractivity contribution in [3.8, 4) is 0 Å². The predicted octanol–water partition coefficient (Wildman–Crippen LogP) is 1.71. The second-order valence-electron chi connectivity index (χ2n) is 3.20. The molecule has 2 nitrogen and oxygen atoms in total. The maximum absolute atomic E-state index is 5.82. The van der Waals surface area contributed by atoms with Crippen molar-refractivity contribution in [2.24, 2.45) is 5.73 Å². The first-order valence-electron chi connectivity index (χ1n) is 4.22. The van der Waals surface area contributed by atoms with Gasteiger partial charge in [-0.25, -0.2) is 0 Å². The molecule has 0 bridgehead atoms. The van der Waals surface area contributed by atoms with Crippen molar-refractivity contribution in [3.05, 3.63) is 21.9 Å². The van der Waals surface area contributed by atoms with Crippen molar-refractivity contribution in [2.45, 2.75) is 25.5 Å². The first kappa shape index (κ1) is 8.23. The molecular weight excluding hydrogens is 170 g/mol. The Morgan fingerprint density at radius 3 is 3.33 bits per heavy atom. The molecule has 2 rings (SSSR count). The third-order valence-corrected chi connectivity index (χ3v) is 3.19. The van der Waals surface area contributed by atoms with Gasteiger partial charge in [0.1, 0.15) is 0 Å². The number of nitrogens with two attached hydrogens (primary N) is 1. The summed E-state index contributed by atoms with van der Waals surface area (Å²) in [6.45, 7) is 2.82. The zero-order chi connectivity index (χ0) is 8.55. The van der Waals surface area contributed by atoms with E-state index < -0.39 is 0 Å². The van der Waals surface area contributed by atoms with Crippen LogP contribution in [0.3, 0.4) is 0 Å². The van der Waals surface area contributed by atoms with Gasteiger partial charge in [0.05, 0.1) is 12.7 Å². The first-order chi connectivity index (χ1) is 5.79. The van der Waals surface area contributed by atoms with Gasteiger partial charge in [0, 0.05) is 17.3 Å². The average Bonchev–Trinajstić information content (AvgIpc) is 2.49. The van der Waals surface area contributed by atoms with Crippen LogP contribution in [0.5, 0.6) is 0 Å². The van der Waals surface area contributed by atoms with Crippen LogP contribution in [0, 0.1) is 0 Å². The SMILES string of the molecule is CC(N)C1OCCc2sccc21. The Morgan fingerprint density at radius 1 is 1.75 bits per heavy atom. The lowest BCUT2D eigenvalue weighted by molar-refractivity contribution is 0.0297. The number of thiophene rings is 1. The van der Waals surface area contributed by atoms with Crippen molar-refractivity contribution in [3.63, 3.8) is 0 Å². The number of hydrogen-bond donors (Lipinski definition) is 1. The summed E-state index contributed by atoms with van der Waals surface area (Å²) in [7, 11) is 0. The Balaban J connectivity index is 2.31. The molecule has 2 heterocycles. The minimum absolute atomic E-state index is 0.0960. The number of fused-ring (bicyclic) bond motifs is 1. The van der Waals surface area contributed by atoms with E-state index >= 15 is 0 Å². The van der Waals surface area contributed by atoms with Gasteiger partial charge >= 0.3 is 0 Å². The van der Waals surface area contributed by atoms with Gasteiger partial charge in [-0.15, -0.1) is 11.3 Å². The topological polar surface area (TPSA) is 35.2 Å². The normalized spacial score (nSPS) is 25.0. The van der Waals surface area contributed by atoms with Crippen LogP contribution < -0.4 is 5.73 Å². The Morgan fingerprint density at radius 2 is 2.58 bits per heavy atom. The molecular formula is C9H13NOS. The third kappa shape index (κ3) is 1.28. The standard InChI is InChI=1S/C9H13NOS/c1-6(10)9-7-3-5-12-8(7)2-4-11-9/h3,5-6,9H,2,4,10H2,1H3. The van der Waals surface area contributed by atoms with Crippen molar-refractivity contribution >= 4 is 11.3 Å². The molecule has 0 saturated heterocycles. The van der Waals surface area contributed by atoms with Gasteiger partial charge in [-0.2, -0.15) is 0 Å². The molecule has 0 aromatic carbocycles. The Hall–Kier alpha value is -0.380. The highest BCUT2D eigenvalue weighted by Gasteiger charge is 2.24. The summed E-state index contributed by atoms with van der Waals surface area (Å²) in [5, 5.41) is 2.12. The first-order valence-corrected chi connectivity index (χ1v) is 5.10. The zero-order valence-corrected chi connectivity index (χ0v) is 7.93. The van der Waals surface area contributed by atoms with E-state index in [1.165, 1.54) is 10.4 Å². The van der Waals surface area contributed by atoms with Crippen LogP contribution in [0.15, 0.2) is 11.4 Å². The molecule has 0 spiro atoms. The highest BCUT2D eigenvalue weighted by Crippen LogP contribution is 2.32. The number of ether oxygens (including phenoxy) is 1. The maximum atomic E-state index is 5.82. The quantitative estimate of drug-likeness (QED) is 0.719. The molecule has 1 aromatic heterocycles. The van der Waals surface area contributed by atoms with Gasteiger partial charge in [-0.1, -0.05) is 0 Å². The Kier molecular flexibility index (Phi) is 2.17. The molecule has 66 valence electrons. The number of rotatable bonds is 1. The van der Waals surface area contributed by atoms with Crippen LogP contribution in [-0.4, -0.2) is 12.6 Å². The lowest BCUT2D eigenvalue weighted by Crippen LogP contribution is -2.30. The summed E-state index contributed by atoms with van der Waals surface area (Å²) in [4.78, 5) is 1.45. The lowest BCUT2D eigenvalue weighted by atomic mass is 10.0. The summed E-state index contributed by atoms with van der Waals surface area (Å²) < 4.78 is 5.61. The van der Waals surface area contributed by atoms with Crippen molar-refractivity contribution < 1.29 is 4.74 Å². The van der Waals surface area contributed by atoms with Crippen molar-refractivity contribution in [1.82, 2.24) is 0 Å². The van der Waals surface area contributed by atoms with Crippen LogP contribution in [0.4, 0.5) is 0 Å². The van der Waals surface area contributed by atoms with Gasteiger partial charge in [-0.05, 0) is 23.9 Å². The fraction of sp³-hybridized carbons (Fsp3) is 0.556. The summed E-state index contributed by atoms with van der Waals surface area (Å²) in [6, 6.07) is 2.23. The molecule has 2 atom stereocenters. The van der Waals surface area contributed by atoms with E-state index in [0.717, 1.165) is 13.0 Å². The molecule has 1 aromatic rings. The van der Waals surface area contributed by atoms with Gasteiger partial charge < -0.3 is 10.5 Å². The molecule has 1 aliphatic heterocycles. The molecule has 0 radical (unpaired) electrons. The molecule has 3 heteroatoms. The van der Waals surface area contributed by atoms with Gasteiger partial charge in [0.15, 0.2) is 0 Å². The van der Waals surface area contributed by atoms with Crippen LogP contribution in [0.2, 0.25) is 0 Å². The summed E-state index contributed by atoms with van der Waals surface area (Å²) in [5.74, 6) is 0. The smallest absolute Gasteiger partial charge is 0.0983 e. The molecule has 2 unspecified atom stereocenters. The van der Waals surface area contributed by atoms with E-state index in [9.17, 15) is 0 Å². The van der Waals surface area contributed by atoms with E-state index in [0.29, 0.717) is 0 Å². The summed E-state index contributed by atoms with van der Waals surface area (Å²) in [6.07, 6.45) is 1.18. The lowest BCUT2D eigenvalue weighted by Gasteiger charge is -2.26. The van der Waals surface area contributed by atoms with Crippen molar-refractivity contribution in [2.75, 3.05) is 6.61 Å². The summed E-state index contributed by atoms with van der Waals surface area (Å²) >= 11 is 1.81. The largest absolute Gasteiger partial charge is 0.371 e. The molecule has 12 heavy (non-hydrogen) atoms. The van der Waals surface area contributed by atoms with E-state index in [1.807, 2.05) is 18.3 Å². The molecule has 0 aliphatic carbocycles. The fourth-order valence-electron chi connectivity index (χ4n) is 1.61. The molecule has 0 saturated carbocycles. The highest BCUT2D eigenvalue weighted by atomic mass is 32.1. The number of hydrogen-bond acceptors (Lipinski definition) is 3. The summed E-state index contributed by atoms with van der Waals surface area (Å²) in [5.41, 5.74) is 7.13. The predicted molar refractivity (Wildman–Crippen MR) is 50.4 cm³/mol. The van der Waals surface area contributed by atoms with E-state index in [1.54, 1.807) is 0 Å². The Bertz CT molecular complexity index is 269. The maximum Gasteiger partial charge on any atom is 0.0983 e. The fourth-order valence-corrected chi connectivity index (χ4v) is 2.51. The Labute approximate surface area is 76.3 Å². The second kappa shape index (κ2) is 3.17. The minimum Gasteiger partial charge on any atom is -0.371 e. The van der Waals surface area contributed by atoms with Gasteiger partial charge in [-0.3, -0.25) is 0 Å². The minimum atomic E-state index is 0.0960. The molecule has 0 amide bonds. The molecule has 0 fully saturated rings. The van der Waals surface area contributed by atoms with E-state index in [4.69, 9.17) is 10.5 Å². The van der Waals surface area contributed by atoms with E-state index in [-0.39, 0.29) is 12.1 Å². The van der Waals surface area contributed by atoms with Gasteiger partial charge in [0.25, 0.3) is 0 Å². The monoisotopic (exact) mass is 183 g/mol.